The maximum Gasteiger partial charge on any atom is 0.310 e. The van der Waals surface area contributed by atoms with Gasteiger partial charge in [-0.15, -0.1) is 0 Å². The molecule has 0 aliphatic carbocycles. The molecule has 0 saturated carbocycles. The number of carbonyl (C=O) groups is 2. The molecule has 1 aromatic carbocycles. The third-order valence-electron chi connectivity index (χ3n) is 2.08. The first-order valence-electron chi connectivity index (χ1n) is 5.51. The van der Waals surface area contributed by atoms with Crippen molar-refractivity contribution in [3.8, 4) is 0 Å². The topological polar surface area (TPSA) is 215 Å². The predicted octanol–water partition coefficient (Wildman–Crippen LogP) is -0.605. The van der Waals surface area contributed by atoms with Crippen LogP contribution >= 0.6 is 0 Å². The summed E-state index contributed by atoms with van der Waals surface area (Å²) in [6.45, 7) is 1.24. The van der Waals surface area contributed by atoms with Gasteiger partial charge in [0, 0.05) is 5.69 Å². The van der Waals surface area contributed by atoms with Gasteiger partial charge < -0.3 is 16.6 Å². The Morgan fingerprint density at radius 1 is 1.00 bits per heavy atom. The Morgan fingerprint density at radius 3 is 1.52 bits per heavy atom. The number of hydrogen-bond donors (Lipinski definition) is 5. The number of carboxylic acid groups (broad SMARTS) is 1. The van der Waals surface area contributed by atoms with Crippen molar-refractivity contribution in [1.82, 2.24) is 0 Å². The first kappa shape index (κ1) is 20.8. The summed E-state index contributed by atoms with van der Waals surface area (Å²) >= 11 is 0. The van der Waals surface area contributed by atoms with E-state index < -0.39 is 41.7 Å². The standard InChI is InChI=1S/C6H8N2O6S2.C4H6O3/c7-3-1-4(15(9,10)11)6(8)5(2-3)16(12,13)14;1-3(5)2-4(6)7/h1-2H,7-8H2,(H,9,10,11)(H,12,13,14);2H2,1H3,(H,6,7). The van der Waals surface area contributed by atoms with Crippen LogP contribution in [0.1, 0.15) is 13.3 Å². The molecular formula is C10H14N2O9S2. The maximum absolute atomic E-state index is 10.8. The second-order valence-electron chi connectivity index (χ2n) is 4.15. The predicted molar refractivity (Wildman–Crippen MR) is 77.8 cm³/mol. The van der Waals surface area contributed by atoms with Crippen molar-refractivity contribution in [2.24, 2.45) is 0 Å². The average Bonchev–Trinajstić information content (AvgIpc) is 2.27. The van der Waals surface area contributed by atoms with Crippen LogP contribution < -0.4 is 11.5 Å². The lowest BCUT2D eigenvalue weighted by molar-refractivity contribution is -0.139. The van der Waals surface area contributed by atoms with Crippen LogP contribution in [0.15, 0.2) is 21.9 Å². The minimum absolute atomic E-state index is 0.283. The molecule has 13 heteroatoms. The lowest BCUT2D eigenvalue weighted by atomic mass is 10.3. The van der Waals surface area contributed by atoms with E-state index in [4.69, 9.17) is 25.7 Å². The fourth-order valence-corrected chi connectivity index (χ4v) is 2.67. The molecule has 1 rings (SSSR count). The molecule has 1 aromatic rings. The van der Waals surface area contributed by atoms with Crippen LogP contribution in [0.25, 0.3) is 0 Å². The molecule has 11 nitrogen and oxygen atoms in total. The summed E-state index contributed by atoms with van der Waals surface area (Å²) in [4.78, 5) is 17.7. The fraction of sp³-hybridized carbons (Fsp3) is 0.200. The smallest absolute Gasteiger partial charge is 0.310 e. The summed E-state index contributed by atoms with van der Waals surface area (Å²) < 4.78 is 60.8. The molecule has 0 heterocycles. The van der Waals surface area contributed by atoms with Gasteiger partial charge in [-0.3, -0.25) is 18.7 Å². The molecule has 0 atom stereocenters. The molecule has 0 aliphatic heterocycles. The largest absolute Gasteiger partial charge is 0.481 e. The Hall–Kier alpha value is -2.22. The lowest BCUT2D eigenvalue weighted by Crippen LogP contribution is -2.10. The minimum atomic E-state index is -4.72. The maximum atomic E-state index is 10.8. The third-order valence-corrected chi connectivity index (χ3v) is 3.87. The summed E-state index contributed by atoms with van der Waals surface area (Å²) in [5.74, 6) is -1.37. The monoisotopic (exact) mass is 370 g/mol. The Labute approximate surface area is 131 Å². The van der Waals surface area contributed by atoms with E-state index >= 15 is 0 Å². The number of hydrogen-bond acceptors (Lipinski definition) is 8. The quantitative estimate of drug-likeness (QED) is 0.256. The lowest BCUT2D eigenvalue weighted by Gasteiger charge is -2.08. The molecule has 0 saturated heterocycles. The van der Waals surface area contributed by atoms with Crippen molar-refractivity contribution in [3.05, 3.63) is 12.1 Å². The van der Waals surface area contributed by atoms with E-state index in [9.17, 15) is 26.4 Å². The Balaban J connectivity index is 0.000000585. The number of carboxylic acids is 1. The molecule has 0 bridgehead atoms. The highest BCUT2D eigenvalue weighted by atomic mass is 32.2. The molecule has 0 radical (unpaired) electrons. The molecule has 0 aliphatic rings. The zero-order valence-electron chi connectivity index (χ0n) is 11.6. The highest BCUT2D eigenvalue weighted by Gasteiger charge is 2.23. The molecule has 7 N–H and O–H groups in total. The van der Waals surface area contributed by atoms with Gasteiger partial charge in [0.2, 0.25) is 0 Å². The third kappa shape index (κ3) is 7.05. The number of rotatable bonds is 4. The summed E-state index contributed by atoms with van der Waals surface area (Å²) in [6.07, 6.45) is -0.361. The van der Waals surface area contributed by atoms with Crippen molar-refractivity contribution in [3.63, 3.8) is 0 Å². The molecular weight excluding hydrogens is 356 g/mol. The zero-order chi connectivity index (χ0) is 18.6. The number of anilines is 2. The van der Waals surface area contributed by atoms with E-state index in [0.717, 1.165) is 12.1 Å². The van der Waals surface area contributed by atoms with Crippen LogP contribution in [0.5, 0.6) is 0 Å². The van der Waals surface area contributed by atoms with Crippen molar-refractivity contribution >= 4 is 43.4 Å². The number of nitrogens with two attached hydrogens (primary N) is 2. The molecule has 0 aromatic heterocycles. The second kappa shape index (κ2) is 7.36. The number of nitrogen functional groups attached to an aromatic ring is 2. The summed E-state index contributed by atoms with van der Waals surface area (Å²) in [7, 11) is -9.44. The number of aliphatic carboxylic acids is 1. The van der Waals surface area contributed by atoms with Gasteiger partial charge >= 0.3 is 5.97 Å². The SMILES string of the molecule is CC(=O)CC(=O)O.Nc1cc(S(=O)(=O)O)c(N)c(S(=O)(=O)O)c1. The highest BCUT2D eigenvalue weighted by molar-refractivity contribution is 7.87. The van der Waals surface area contributed by atoms with Gasteiger partial charge in [0.05, 0.1) is 5.69 Å². The van der Waals surface area contributed by atoms with Crippen molar-refractivity contribution in [2.45, 2.75) is 23.1 Å². The van der Waals surface area contributed by atoms with Gasteiger partial charge in [-0.25, -0.2) is 0 Å². The fourth-order valence-electron chi connectivity index (χ4n) is 1.26. The summed E-state index contributed by atoms with van der Waals surface area (Å²) in [5.41, 5.74) is 9.33. The molecule has 130 valence electrons. The molecule has 0 spiro atoms. The van der Waals surface area contributed by atoms with Crippen LogP contribution in [-0.2, 0) is 29.8 Å². The Kier molecular flexibility index (Phi) is 6.65. The van der Waals surface area contributed by atoms with E-state index in [-0.39, 0.29) is 17.9 Å². The highest BCUT2D eigenvalue weighted by Crippen LogP contribution is 2.28. The zero-order valence-corrected chi connectivity index (χ0v) is 13.3. The van der Waals surface area contributed by atoms with Crippen molar-refractivity contribution in [2.75, 3.05) is 11.5 Å². The molecule has 0 fully saturated rings. The molecule has 23 heavy (non-hydrogen) atoms. The van der Waals surface area contributed by atoms with Crippen molar-refractivity contribution < 1.29 is 40.6 Å². The Bertz CT molecular complexity index is 763. The normalized spacial score (nSPS) is 11.3. The van der Waals surface area contributed by atoms with E-state index in [2.05, 4.69) is 0 Å². The van der Waals surface area contributed by atoms with E-state index in [1.165, 1.54) is 6.92 Å². The first-order chi connectivity index (χ1) is 10.2. The van der Waals surface area contributed by atoms with Gasteiger partial charge in [-0.05, 0) is 19.1 Å². The van der Waals surface area contributed by atoms with E-state index in [0.29, 0.717) is 0 Å². The van der Waals surface area contributed by atoms with Gasteiger partial charge in [0.1, 0.15) is 22.0 Å². The van der Waals surface area contributed by atoms with Crippen LogP contribution in [-0.4, -0.2) is 42.8 Å². The first-order valence-corrected chi connectivity index (χ1v) is 8.39. The van der Waals surface area contributed by atoms with Crippen LogP contribution in [0.2, 0.25) is 0 Å². The summed E-state index contributed by atoms with van der Waals surface area (Å²) in [5, 5.41) is 7.86. The number of carbonyl (C=O) groups excluding carboxylic acids is 1. The number of benzene rings is 1. The summed E-state index contributed by atoms with van der Waals surface area (Å²) in [6, 6.07) is 1.55. The van der Waals surface area contributed by atoms with E-state index in [1.54, 1.807) is 0 Å². The Morgan fingerprint density at radius 2 is 1.35 bits per heavy atom. The van der Waals surface area contributed by atoms with Gasteiger partial charge in [-0.2, -0.15) is 16.8 Å². The second-order valence-corrected chi connectivity index (χ2v) is 6.93. The molecule has 0 amide bonds. The van der Waals surface area contributed by atoms with Gasteiger partial charge in [0.25, 0.3) is 20.2 Å². The average molecular weight is 370 g/mol. The van der Waals surface area contributed by atoms with Crippen LogP contribution in [0.3, 0.4) is 0 Å². The minimum Gasteiger partial charge on any atom is -0.481 e. The van der Waals surface area contributed by atoms with Crippen LogP contribution in [0, 0.1) is 0 Å². The number of ketones is 1. The van der Waals surface area contributed by atoms with E-state index in [1.807, 2.05) is 0 Å². The van der Waals surface area contributed by atoms with Crippen molar-refractivity contribution in [1.29, 1.82) is 0 Å². The molecule has 0 unspecified atom stereocenters. The van der Waals surface area contributed by atoms with Crippen LogP contribution in [0.4, 0.5) is 11.4 Å². The van der Waals surface area contributed by atoms with Gasteiger partial charge in [0.15, 0.2) is 0 Å². The number of Topliss-reactive ketones (excluding diaryl/α,β-unsaturated/α-hetero) is 1. The van der Waals surface area contributed by atoms with Gasteiger partial charge in [-0.1, -0.05) is 0 Å².